The number of carbonyl (C=O) groups excluding carboxylic acids is 2. The van der Waals surface area contributed by atoms with E-state index >= 15 is 0 Å². The van der Waals surface area contributed by atoms with Crippen molar-refractivity contribution in [1.29, 1.82) is 0 Å². The van der Waals surface area contributed by atoms with E-state index in [-0.39, 0.29) is 50.0 Å². The van der Waals surface area contributed by atoms with Crippen LogP contribution in [0.3, 0.4) is 0 Å². The molecule has 2 fully saturated rings. The fourth-order valence-electron chi connectivity index (χ4n) is 5.56. The number of aliphatic carboxylic acids is 1. The molecule has 0 unspecified atom stereocenters. The number of rotatable bonds is 9. The molecule has 2 N–H and O–H groups in total. The zero-order valence-corrected chi connectivity index (χ0v) is 22.9. The van der Waals surface area contributed by atoms with Gasteiger partial charge in [-0.25, -0.2) is 8.42 Å². The zero-order chi connectivity index (χ0) is 27.5. The maximum Gasteiger partial charge on any atom is 0.303 e. The van der Waals surface area contributed by atoms with Gasteiger partial charge in [0.1, 0.15) is 17.2 Å². The molecule has 3 aliphatic rings. The Morgan fingerprint density at radius 1 is 1.16 bits per heavy atom. The molecule has 1 aromatic rings. The minimum absolute atomic E-state index is 0.0143. The molecule has 1 aromatic carbocycles. The summed E-state index contributed by atoms with van der Waals surface area (Å²) in [4.78, 5) is 40.3. The third-order valence-electron chi connectivity index (χ3n) is 8.08. The van der Waals surface area contributed by atoms with Crippen LogP contribution in [0.4, 0.5) is 0 Å². The van der Waals surface area contributed by atoms with Crippen LogP contribution in [-0.4, -0.2) is 60.0 Å². The first kappa shape index (κ1) is 28.2. The molecule has 0 atom stereocenters. The summed E-state index contributed by atoms with van der Waals surface area (Å²) in [5.74, 6) is 0.536. The Morgan fingerprint density at radius 2 is 1.84 bits per heavy atom. The van der Waals surface area contributed by atoms with E-state index in [1.54, 1.807) is 18.2 Å². The molecule has 2 heterocycles. The van der Waals surface area contributed by atoms with Crippen LogP contribution in [0.5, 0.6) is 0 Å². The molecule has 0 radical (unpaired) electrons. The standard InChI is InChI=1S/C28H37N3O6S/c1-19-3-6-23(7-4-19)26-29-27(35)28(30-26)12-14-31(15-13-28)38(36,37)16-11-22-8-5-21(17-20(22)2)18-24(32)9-10-25(33)34/h5,8,11,16-17,19,23H,3-4,6-7,9-10,12-15,18H2,1-2H3,(H,33,34)(H,29,30,35)/b16-11+. The lowest BCUT2D eigenvalue weighted by molar-refractivity contribution is -0.138. The fraction of sp³-hybridized carbons (Fsp3) is 0.571. The number of amidine groups is 1. The van der Waals surface area contributed by atoms with E-state index in [4.69, 9.17) is 10.1 Å². The number of nitrogens with zero attached hydrogens (tertiary/aromatic N) is 2. The second-order valence-electron chi connectivity index (χ2n) is 11.0. The van der Waals surface area contributed by atoms with Crippen LogP contribution in [-0.2, 0) is 30.8 Å². The summed E-state index contributed by atoms with van der Waals surface area (Å²) in [5.41, 5.74) is 1.44. The van der Waals surface area contributed by atoms with Gasteiger partial charge in [0.05, 0.1) is 6.42 Å². The molecule has 1 spiro atoms. The van der Waals surface area contributed by atoms with Gasteiger partial charge in [0, 0.05) is 37.3 Å². The molecule has 1 saturated heterocycles. The molecule has 206 valence electrons. The monoisotopic (exact) mass is 543 g/mol. The molecule has 2 aliphatic heterocycles. The number of amides is 1. The van der Waals surface area contributed by atoms with Crippen LogP contribution in [0.2, 0.25) is 0 Å². The molecule has 1 aliphatic carbocycles. The molecule has 1 saturated carbocycles. The maximum absolute atomic E-state index is 13.0. The van der Waals surface area contributed by atoms with Crippen LogP contribution in [0.1, 0.15) is 75.0 Å². The van der Waals surface area contributed by atoms with Gasteiger partial charge >= 0.3 is 5.97 Å². The Kier molecular flexibility index (Phi) is 8.52. The fourth-order valence-corrected chi connectivity index (χ4v) is 6.74. The Balaban J connectivity index is 1.35. The topological polar surface area (TPSA) is 133 Å². The summed E-state index contributed by atoms with van der Waals surface area (Å²) < 4.78 is 27.5. The predicted octanol–water partition coefficient (Wildman–Crippen LogP) is 3.46. The summed E-state index contributed by atoms with van der Waals surface area (Å²) >= 11 is 0. The lowest BCUT2D eigenvalue weighted by Gasteiger charge is -2.34. The Morgan fingerprint density at radius 3 is 2.47 bits per heavy atom. The van der Waals surface area contributed by atoms with Gasteiger partial charge in [0.15, 0.2) is 0 Å². The van der Waals surface area contributed by atoms with E-state index in [1.807, 2.05) is 13.0 Å². The van der Waals surface area contributed by atoms with Crippen LogP contribution in [0.15, 0.2) is 28.6 Å². The number of sulfonamides is 1. The highest BCUT2D eigenvalue weighted by atomic mass is 32.2. The first-order valence-corrected chi connectivity index (χ1v) is 14.9. The highest BCUT2D eigenvalue weighted by Gasteiger charge is 2.48. The molecular formula is C28H37N3O6S. The van der Waals surface area contributed by atoms with Crippen molar-refractivity contribution in [2.45, 2.75) is 77.2 Å². The van der Waals surface area contributed by atoms with Gasteiger partial charge in [0.2, 0.25) is 10.0 Å². The largest absolute Gasteiger partial charge is 0.481 e. The number of Topliss-reactive ketones (excluding diaryl/α,β-unsaturated/α-hetero) is 1. The van der Waals surface area contributed by atoms with E-state index in [0.29, 0.717) is 18.8 Å². The summed E-state index contributed by atoms with van der Waals surface area (Å²) in [6.45, 7) is 4.55. The summed E-state index contributed by atoms with van der Waals surface area (Å²) in [6.07, 6.45) is 6.55. The molecule has 0 bridgehead atoms. The van der Waals surface area contributed by atoms with Crippen LogP contribution in [0, 0.1) is 18.8 Å². The number of carbonyl (C=O) groups is 3. The van der Waals surface area contributed by atoms with Crippen molar-refractivity contribution in [2.24, 2.45) is 16.8 Å². The first-order chi connectivity index (χ1) is 18.0. The first-order valence-electron chi connectivity index (χ1n) is 13.4. The lowest BCUT2D eigenvalue weighted by atomic mass is 9.82. The average Bonchev–Trinajstić information content (AvgIpc) is 3.18. The van der Waals surface area contributed by atoms with E-state index in [0.717, 1.165) is 48.2 Å². The van der Waals surface area contributed by atoms with Crippen molar-refractivity contribution in [1.82, 2.24) is 9.62 Å². The van der Waals surface area contributed by atoms with Gasteiger partial charge in [-0.2, -0.15) is 4.31 Å². The smallest absolute Gasteiger partial charge is 0.303 e. The van der Waals surface area contributed by atoms with E-state index in [1.165, 1.54) is 9.71 Å². The normalized spacial score (nSPS) is 23.9. The van der Waals surface area contributed by atoms with Crippen molar-refractivity contribution >= 4 is 39.6 Å². The highest BCUT2D eigenvalue weighted by Crippen LogP contribution is 2.36. The van der Waals surface area contributed by atoms with Gasteiger partial charge in [-0.1, -0.05) is 38.0 Å². The van der Waals surface area contributed by atoms with Gasteiger partial charge < -0.3 is 10.4 Å². The van der Waals surface area contributed by atoms with Crippen molar-refractivity contribution < 1.29 is 27.9 Å². The number of piperidine rings is 1. The van der Waals surface area contributed by atoms with Gasteiger partial charge in [-0.3, -0.25) is 19.4 Å². The van der Waals surface area contributed by atoms with E-state index < -0.39 is 21.5 Å². The van der Waals surface area contributed by atoms with Crippen LogP contribution < -0.4 is 5.32 Å². The number of aryl methyl sites for hydroxylation is 1. The highest BCUT2D eigenvalue weighted by molar-refractivity contribution is 7.92. The third kappa shape index (κ3) is 6.58. The molecule has 0 aromatic heterocycles. The summed E-state index contributed by atoms with van der Waals surface area (Å²) in [6, 6.07) is 5.33. The van der Waals surface area contributed by atoms with Crippen LogP contribution >= 0.6 is 0 Å². The van der Waals surface area contributed by atoms with Crippen LogP contribution in [0.25, 0.3) is 6.08 Å². The van der Waals surface area contributed by atoms with E-state index in [2.05, 4.69) is 12.2 Å². The quantitative estimate of drug-likeness (QED) is 0.490. The zero-order valence-electron chi connectivity index (χ0n) is 22.1. The Labute approximate surface area is 224 Å². The average molecular weight is 544 g/mol. The van der Waals surface area contributed by atoms with Crippen molar-refractivity contribution in [3.8, 4) is 0 Å². The number of carboxylic acid groups (broad SMARTS) is 1. The number of ketones is 1. The van der Waals surface area contributed by atoms with Gasteiger partial charge in [-0.05, 0) is 61.3 Å². The molecule has 38 heavy (non-hydrogen) atoms. The number of hydrogen-bond donors (Lipinski definition) is 2. The number of carboxylic acids is 1. The predicted molar refractivity (Wildman–Crippen MR) is 145 cm³/mol. The minimum Gasteiger partial charge on any atom is -0.481 e. The maximum atomic E-state index is 13.0. The summed E-state index contributed by atoms with van der Waals surface area (Å²) in [7, 11) is -3.68. The molecule has 9 nitrogen and oxygen atoms in total. The second-order valence-corrected chi connectivity index (χ2v) is 12.8. The number of benzene rings is 1. The van der Waals surface area contributed by atoms with Crippen molar-refractivity contribution in [2.75, 3.05) is 13.1 Å². The Hall–Kier alpha value is -2.85. The van der Waals surface area contributed by atoms with Crippen molar-refractivity contribution in [3.63, 3.8) is 0 Å². The second kappa shape index (κ2) is 11.5. The number of hydrogen-bond acceptors (Lipinski definition) is 6. The van der Waals surface area contributed by atoms with E-state index in [9.17, 15) is 22.8 Å². The molecule has 4 rings (SSSR count). The van der Waals surface area contributed by atoms with Crippen molar-refractivity contribution in [3.05, 3.63) is 40.3 Å². The SMILES string of the molecule is Cc1cc(CC(=O)CCC(=O)O)ccc1/C=C/S(=O)(=O)N1CCC2(CC1)N=C(C1CCC(C)CC1)NC2=O. The van der Waals surface area contributed by atoms with Gasteiger partial charge in [0.25, 0.3) is 5.91 Å². The molecule has 1 amide bonds. The molecule has 10 heteroatoms. The third-order valence-corrected chi connectivity index (χ3v) is 9.65. The number of aliphatic imine (C=N–C) groups is 1. The lowest BCUT2D eigenvalue weighted by Crippen LogP contribution is -2.50. The van der Waals surface area contributed by atoms with Gasteiger partial charge in [-0.15, -0.1) is 0 Å². The number of nitrogens with one attached hydrogen (secondary N) is 1. The minimum atomic E-state index is -3.68. The Bertz CT molecular complexity index is 1250. The summed E-state index contributed by atoms with van der Waals surface area (Å²) in [5, 5.41) is 12.9. The molecular weight excluding hydrogens is 506 g/mol.